The highest BCUT2D eigenvalue weighted by atomic mass is 32.1. The van der Waals surface area contributed by atoms with Gasteiger partial charge in [0.15, 0.2) is 0 Å². The van der Waals surface area contributed by atoms with Crippen molar-refractivity contribution in [1.82, 2.24) is 0 Å². The molecule has 4 N–H and O–H groups in total. The third-order valence-corrected chi connectivity index (χ3v) is 2.94. The molecule has 0 amide bonds. The van der Waals surface area contributed by atoms with Gasteiger partial charge in [-0.2, -0.15) is 12.6 Å². The van der Waals surface area contributed by atoms with Crippen molar-refractivity contribution in [2.24, 2.45) is 0 Å². The Balaban J connectivity index is 3.99. The van der Waals surface area contributed by atoms with Crippen LogP contribution in [0.25, 0.3) is 0 Å². The highest BCUT2D eigenvalue weighted by Crippen LogP contribution is 2.34. The Morgan fingerprint density at radius 1 is 0.947 bits per heavy atom. The van der Waals surface area contributed by atoms with E-state index >= 15 is 0 Å². The van der Waals surface area contributed by atoms with Gasteiger partial charge in [0.05, 0.1) is 5.56 Å². The molecule has 0 unspecified atom stereocenters. The van der Waals surface area contributed by atoms with Gasteiger partial charge in [-0.05, 0) is 18.1 Å². The molecule has 1 aromatic rings. The number of carbonyl (C=O) groups is 3. The van der Waals surface area contributed by atoms with E-state index in [9.17, 15) is 19.5 Å². The standard InChI is InChI=1S/C11H10O7S/c1-3-5(9(13)14)4(2-19)7(11(17)18)8(12)6(3)10(15)16/h12,19H,2H2,1H3,(H,13,14)(H,15,16)(H,17,18). The zero-order valence-corrected chi connectivity index (χ0v) is 10.6. The van der Waals surface area contributed by atoms with Crippen molar-refractivity contribution in [3.63, 3.8) is 0 Å². The number of thiol groups is 1. The van der Waals surface area contributed by atoms with E-state index in [2.05, 4.69) is 12.6 Å². The molecule has 0 heterocycles. The van der Waals surface area contributed by atoms with Gasteiger partial charge in [-0.25, -0.2) is 14.4 Å². The number of carboxylic acid groups (broad SMARTS) is 3. The summed E-state index contributed by atoms with van der Waals surface area (Å²) in [4.78, 5) is 33.3. The van der Waals surface area contributed by atoms with Gasteiger partial charge in [0, 0.05) is 5.75 Å². The third kappa shape index (κ3) is 2.34. The summed E-state index contributed by atoms with van der Waals surface area (Å²) in [5, 5.41) is 36.8. The van der Waals surface area contributed by atoms with Gasteiger partial charge >= 0.3 is 17.9 Å². The first-order chi connectivity index (χ1) is 8.73. The molecule has 0 saturated heterocycles. The molecule has 0 aliphatic rings. The Bertz CT molecular complexity index is 550. The van der Waals surface area contributed by atoms with Gasteiger partial charge in [0.2, 0.25) is 0 Å². The van der Waals surface area contributed by atoms with Crippen molar-refractivity contribution in [3.8, 4) is 5.75 Å². The molecule has 0 aliphatic heterocycles. The molecular formula is C11H10O7S. The molecule has 8 heteroatoms. The second kappa shape index (κ2) is 5.19. The van der Waals surface area contributed by atoms with Crippen LogP contribution in [0.5, 0.6) is 5.75 Å². The molecule has 0 fully saturated rings. The quantitative estimate of drug-likeness (QED) is 0.526. The SMILES string of the molecule is Cc1c(C(=O)O)c(O)c(C(=O)O)c(CS)c1C(=O)O. The molecule has 7 nitrogen and oxygen atoms in total. The average molecular weight is 286 g/mol. The third-order valence-electron chi connectivity index (χ3n) is 2.63. The molecule has 1 aromatic carbocycles. The average Bonchev–Trinajstić information content (AvgIpc) is 2.25. The maximum atomic E-state index is 11.2. The fraction of sp³-hybridized carbons (Fsp3) is 0.182. The van der Waals surface area contributed by atoms with Gasteiger partial charge in [-0.15, -0.1) is 0 Å². The lowest BCUT2D eigenvalue weighted by Crippen LogP contribution is -2.16. The fourth-order valence-electron chi connectivity index (χ4n) is 1.86. The molecule has 0 aliphatic carbocycles. The highest BCUT2D eigenvalue weighted by Gasteiger charge is 2.30. The summed E-state index contributed by atoms with van der Waals surface area (Å²) in [5.41, 5.74) is -2.41. The summed E-state index contributed by atoms with van der Waals surface area (Å²) in [7, 11) is 0. The fourth-order valence-corrected chi connectivity index (χ4v) is 2.18. The van der Waals surface area contributed by atoms with E-state index < -0.39 is 40.3 Å². The number of carboxylic acids is 3. The summed E-state index contributed by atoms with van der Waals surface area (Å²) < 4.78 is 0. The molecule has 0 saturated carbocycles. The van der Waals surface area contributed by atoms with E-state index in [4.69, 9.17) is 15.3 Å². The van der Waals surface area contributed by atoms with E-state index in [-0.39, 0.29) is 16.9 Å². The van der Waals surface area contributed by atoms with E-state index in [1.165, 1.54) is 6.92 Å². The smallest absolute Gasteiger partial charge is 0.339 e. The van der Waals surface area contributed by atoms with Gasteiger partial charge in [-0.3, -0.25) is 0 Å². The topological polar surface area (TPSA) is 132 Å². The van der Waals surface area contributed by atoms with Crippen LogP contribution in [0.15, 0.2) is 0 Å². The normalized spacial score (nSPS) is 10.2. The first kappa shape index (κ1) is 14.8. The number of aromatic carboxylic acids is 3. The van der Waals surface area contributed by atoms with Crippen molar-refractivity contribution in [2.75, 3.05) is 0 Å². The second-order valence-corrected chi connectivity index (χ2v) is 3.97. The number of phenols is 1. The minimum atomic E-state index is -1.62. The van der Waals surface area contributed by atoms with Crippen molar-refractivity contribution >= 4 is 30.5 Å². The van der Waals surface area contributed by atoms with Crippen LogP contribution in [-0.4, -0.2) is 38.3 Å². The molecule has 0 bridgehead atoms. The largest absolute Gasteiger partial charge is 0.506 e. The van der Waals surface area contributed by atoms with Crippen LogP contribution in [-0.2, 0) is 5.75 Å². The number of rotatable bonds is 4. The summed E-state index contributed by atoms with van der Waals surface area (Å²) in [6.07, 6.45) is 0. The van der Waals surface area contributed by atoms with E-state index in [0.717, 1.165) is 0 Å². The lowest BCUT2D eigenvalue weighted by Gasteiger charge is -2.15. The van der Waals surface area contributed by atoms with Crippen molar-refractivity contribution < 1.29 is 34.8 Å². The molecule has 0 atom stereocenters. The van der Waals surface area contributed by atoms with Gasteiger partial charge in [-0.1, -0.05) is 0 Å². The Morgan fingerprint density at radius 3 is 1.68 bits per heavy atom. The number of hydrogen-bond acceptors (Lipinski definition) is 5. The zero-order chi connectivity index (χ0) is 14.9. The van der Waals surface area contributed by atoms with E-state index in [0.29, 0.717) is 0 Å². The van der Waals surface area contributed by atoms with Crippen LogP contribution in [0, 0.1) is 6.92 Å². The predicted octanol–water partition coefficient (Wildman–Crippen LogP) is 1.23. The van der Waals surface area contributed by atoms with Crippen LogP contribution in [0.1, 0.15) is 42.2 Å². The van der Waals surface area contributed by atoms with Gasteiger partial charge < -0.3 is 20.4 Å². The summed E-state index contributed by atoms with van der Waals surface area (Å²) in [6, 6.07) is 0. The second-order valence-electron chi connectivity index (χ2n) is 3.65. The van der Waals surface area contributed by atoms with Crippen LogP contribution >= 0.6 is 12.6 Å². The highest BCUT2D eigenvalue weighted by molar-refractivity contribution is 7.79. The molecular weight excluding hydrogens is 276 g/mol. The molecule has 102 valence electrons. The summed E-state index contributed by atoms with van der Waals surface area (Å²) >= 11 is 3.83. The Kier molecular flexibility index (Phi) is 4.05. The van der Waals surface area contributed by atoms with Crippen LogP contribution in [0.2, 0.25) is 0 Å². The number of hydrogen-bond donors (Lipinski definition) is 5. The van der Waals surface area contributed by atoms with Gasteiger partial charge in [0.1, 0.15) is 16.9 Å². The Labute approximate surface area is 112 Å². The van der Waals surface area contributed by atoms with E-state index in [1.807, 2.05) is 0 Å². The zero-order valence-electron chi connectivity index (χ0n) is 9.67. The number of benzene rings is 1. The molecule has 0 radical (unpaired) electrons. The Hall–Kier alpha value is -2.22. The maximum absolute atomic E-state index is 11.2. The van der Waals surface area contributed by atoms with Crippen molar-refractivity contribution in [3.05, 3.63) is 27.8 Å². The van der Waals surface area contributed by atoms with Crippen molar-refractivity contribution in [1.29, 1.82) is 0 Å². The molecule has 19 heavy (non-hydrogen) atoms. The summed E-state index contributed by atoms with van der Waals surface area (Å²) in [5.74, 6) is -5.94. The summed E-state index contributed by atoms with van der Waals surface area (Å²) in [6.45, 7) is 1.19. The van der Waals surface area contributed by atoms with Crippen molar-refractivity contribution in [2.45, 2.75) is 12.7 Å². The van der Waals surface area contributed by atoms with Gasteiger partial charge in [0.25, 0.3) is 0 Å². The van der Waals surface area contributed by atoms with Crippen LogP contribution in [0.4, 0.5) is 0 Å². The molecule has 0 spiro atoms. The van der Waals surface area contributed by atoms with Crippen LogP contribution < -0.4 is 0 Å². The first-order valence-corrected chi connectivity index (χ1v) is 5.56. The maximum Gasteiger partial charge on any atom is 0.339 e. The minimum Gasteiger partial charge on any atom is -0.506 e. The molecule has 1 rings (SSSR count). The molecule has 0 aromatic heterocycles. The predicted molar refractivity (Wildman–Crippen MR) is 66.4 cm³/mol. The monoisotopic (exact) mass is 286 g/mol. The number of aromatic hydroxyl groups is 1. The van der Waals surface area contributed by atoms with Crippen LogP contribution in [0.3, 0.4) is 0 Å². The lowest BCUT2D eigenvalue weighted by atomic mass is 9.91. The minimum absolute atomic E-state index is 0.216. The Morgan fingerprint density at radius 2 is 1.37 bits per heavy atom. The first-order valence-electron chi connectivity index (χ1n) is 4.93. The lowest BCUT2D eigenvalue weighted by molar-refractivity contribution is 0.0690. The van der Waals surface area contributed by atoms with E-state index in [1.54, 1.807) is 0 Å².